The van der Waals surface area contributed by atoms with Crippen molar-refractivity contribution in [2.75, 3.05) is 6.79 Å². The number of hydrogen-bond donors (Lipinski definition) is 1. The lowest BCUT2D eigenvalue weighted by molar-refractivity contribution is -0.384. The maximum absolute atomic E-state index is 12.4. The fourth-order valence-corrected chi connectivity index (χ4v) is 2.95. The Morgan fingerprint density at radius 1 is 1.13 bits per heavy atom. The first-order valence-electron chi connectivity index (χ1n) is 9.16. The highest BCUT2D eigenvalue weighted by molar-refractivity contribution is 6.01. The van der Waals surface area contributed by atoms with Crippen LogP contribution in [0.2, 0.25) is 0 Å². The Kier molecular flexibility index (Phi) is 5.36. The summed E-state index contributed by atoms with van der Waals surface area (Å²) in [6.07, 6.45) is 1.34. The van der Waals surface area contributed by atoms with Gasteiger partial charge in [0.1, 0.15) is 23.2 Å². The highest BCUT2D eigenvalue weighted by Crippen LogP contribution is 2.32. The molecule has 0 bridgehead atoms. The molecule has 0 aliphatic carbocycles. The SMILES string of the molecule is N#CC(=Cc1ccc(-c2ccc([N+](=O)[O-])cc2)o1)C(=O)NCc1ccc2c(c1)OCO2. The molecule has 1 aliphatic heterocycles. The lowest BCUT2D eigenvalue weighted by atomic mass is 10.1. The molecule has 9 nitrogen and oxygen atoms in total. The van der Waals surface area contributed by atoms with Gasteiger partial charge < -0.3 is 19.2 Å². The molecule has 31 heavy (non-hydrogen) atoms. The Hall–Kier alpha value is -4.58. The predicted molar refractivity (Wildman–Crippen MR) is 109 cm³/mol. The minimum atomic E-state index is -0.548. The molecule has 9 heteroatoms. The molecule has 0 spiro atoms. The van der Waals surface area contributed by atoms with E-state index in [1.165, 1.54) is 18.2 Å². The van der Waals surface area contributed by atoms with Crippen LogP contribution >= 0.6 is 0 Å². The number of nitro groups is 1. The molecule has 0 unspecified atom stereocenters. The van der Waals surface area contributed by atoms with E-state index < -0.39 is 10.8 Å². The standard InChI is InChI=1S/C22H15N3O6/c23-11-16(22(26)24-12-14-1-7-20-21(9-14)30-13-29-20)10-18-6-8-19(31-18)15-2-4-17(5-3-15)25(27)28/h1-10H,12-13H2,(H,24,26). The minimum absolute atomic E-state index is 0.0266. The van der Waals surface area contributed by atoms with E-state index >= 15 is 0 Å². The van der Waals surface area contributed by atoms with Crippen LogP contribution < -0.4 is 14.8 Å². The second-order valence-electron chi connectivity index (χ2n) is 6.55. The molecule has 1 aliphatic rings. The maximum Gasteiger partial charge on any atom is 0.269 e. The fraction of sp³-hybridized carbons (Fsp3) is 0.0909. The summed E-state index contributed by atoms with van der Waals surface area (Å²) in [4.78, 5) is 22.7. The molecular weight excluding hydrogens is 402 g/mol. The van der Waals surface area contributed by atoms with E-state index in [-0.39, 0.29) is 24.6 Å². The van der Waals surface area contributed by atoms with Crippen LogP contribution in [-0.4, -0.2) is 17.6 Å². The third-order valence-corrected chi connectivity index (χ3v) is 4.53. The molecule has 1 N–H and O–H groups in total. The fourth-order valence-electron chi connectivity index (χ4n) is 2.95. The Morgan fingerprint density at radius 3 is 2.65 bits per heavy atom. The van der Waals surface area contributed by atoms with Crippen molar-refractivity contribution in [2.24, 2.45) is 0 Å². The number of amides is 1. The van der Waals surface area contributed by atoms with Gasteiger partial charge >= 0.3 is 0 Å². The minimum Gasteiger partial charge on any atom is -0.457 e. The van der Waals surface area contributed by atoms with Crippen LogP contribution in [0.3, 0.4) is 0 Å². The molecule has 1 aromatic heterocycles. The number of nitriles is 1. The van der Waals surface area contributed by atoms with Gasteiger partial charge in [0.15, 0.2) is 11.5 Å². The number of nitro benzene ring substituents is 1. The van der Waals surface area contributed by atoms with Gasteiger partial charge in [-0.2, -0.15) is 5.26 Å². The molecule has 2 heterocycles. The Labute approximate surface area is 176 Å². The summed E-state index contributed by atoms with van der Waals surface area (Å²) in [7, 11) is 0. The summed E-state index contributed by atoms with van der Waals surface area (Å²) < 4.78 is 16.2. The number of non-ortho nitro benzene ring substituents is 1. The van der Waals surface area contributed by atoms with Crippen molar-refractivity contribution in [1.82, 2.24) is 5.32 Å². The quantitative estimate of drug-likeness (QED) is 0.279. The predicted octanol–water partition coefficient (Wildman–Crippen LogP) is 3.81. The summed E-state index contributed by atoms with van der Waals surface area (Å²) in [6, 6.07) is 16.3. The van der Waals surface area contributed by atoms with Crippen molar-refractivity contribution in [3.05, 3.63) is 81.6 Å². The zero-order chi connectivity index (χ0) is 21.8. The van der Waals surface area contributed by atoms with Crippen molar-refractivity contribution >= 4 is 17.7 Å². The topological polar surface area (TPSA) is 128 Å². The average molecular weight is 417 g/mol. The van der Waals surface area contributed by atoms with Gasteiger partial charge in [0, 0.05) is 30.3 Å². The molecule has 0 fully saturated rings. The van der Waals surface area contributed by atoms with E-state index in [4.69, 9.17) is 13.9 Å². The molecule has 3 aromatic rings. The van der Waals surface area contributed by atoms with E-state index in [0.717, 1.165) is 5.56 Å². The summed E-state index contributed by atoms with van der Waals surface area (Å²) >= 11 is 0. The van der Waals surface area contributed by atoms with Crippen LogP contribution in [0.4, 0.5) is 5.69 Å². The molecule has 0 saturated carbocycles. The number of fused-ring (bicyclic) bond motifs is 1. The number of carbonyl (C=O) groups is 1. The number of ether oxygens (including phenoxy) is 2. The first kappa shape index (κ1) is 19.7. The van der Waals surface area contributed by atoms with Gasteiger partial charge in [-0.05, 0) is 42.0 Å². The lowest BCUT2D eigenvalue weighted by Crippen LogP contribution is -2.23. The second kappa shape index (κ2) is 8.42. The van der Waals surface area contributed by atoms with E-state index in [1.807, 2.05) is 6.07 Å². The van der Waals surface area contributed by atoms with Crippen molar-refractivity contribution in [1.29, 1.82) is 5.26 Å². The number of nitrogens with zero attached hydrogens (tertiary/aromatic N) is 2. The van der Waals surface area contributed by atoms with Crippen LogP contribution in [0.25, 0.3) is 17.4 Å². The monoisotopic (exact) mass is 417 g/mol. The van der Waals surface area contributed by atoms with E-state index in [9.17, 15) is 20.2 Å². The smallest absolute Gasteiger partial charge is 0.269 e. The van der Waals surface area contributed by atoms with E-state index in [1.54, 1.807) is 42.5 Å². The van der Waals surface area contributed by atoms with Crippen LogP contribution in [0.1, 0.15) is 11.3 Å². The summed E-state index contributed by atoms with van der Waals surface area (Å²) in [6.45, 7) is 0.373. The van der Waals surface area contributed by atoms with Gasteiger partial charge in [-0.15, -0.1) is 0 Å². The van der Waals surface area contributed by atoms with Crippen LogP contribution in [0.5, 0.6) is 11.5 Å². The normalized spacial score (nSPS) is 12.3. The number of hydrogen-bond acceptors (Lipinski definition) is 7. The van der Waals surface area contributed by atoms with Crippen molar-refractivity contribution in [3.8, 4) is 28.9 Å². The number of rotatable bonds is 6. The zero-order valence-corrected chi connectivity index (χ0v) is 16.0. The van der Waals surface area contributed by atoms with Crippen LogP contribution in [0.15, 0.2) is 64.6 Å². The van der Waals surface area contributed by atoms with Gasteiger partial charge in [0.05, 0.1) is 4.92 Å². The molecule has 4 rings (SSSR count). The highest BCUT2D eigenvalue weighted by atomic mass is 16.7. The maximum atomic E-state index is 12.4. The zero-order valence-electron chi connectivity index (χ0n) is 16.0. The molecule has 0 radical (unpaired) electrons. The Balaban J connectivity index is 1.43. The lowest BCUT2D eigenvalue weighted by Gasteiger charge is -2.05. The first-order chi connectivity index (χ1) is 15.0. The molecule has 0 saturated heterocycles. The van der Waals surface area contributed by atoms with Gasteiger partial charge in [-0.1, -0.05) is 6.07 Å². The molecule has 1 amide bonds. The van der Waals surface area contributed by atoms with Gasteiger partial charge in [0.25, 0.3) is 11.6 Å². The number of benzene rings is 2. The van der Waals surface area contributed by atoms with Crippen LogP contribution in [0, 0.1) is 21.4 Å². The average Bonchev–Trinajstić information content (AvgIpc) is 3.45. The number of nitrogens with one attached hydrogen (secondary N) is 1. The third kappa shape index (κ3) is 4.38. The van der Waals surface area contributed by atoms with Gasteiger partial charge in [-0.25, -0.2) is 0 Å². The number of furan rings is 1. The van der Waals surface area contributed by atoms with Crippen molar-refractivity contribution < 1.29 is 23.6 Å². The molecular formula is C22H15N3O6. The summed E-state index contributed by atoms with van der Waals surface area (Å²) in [5, 5.41) is 22.8. The Bertz CT molecular complexity index is 1220. The van der Waals surface area contributed by atoms with Gasteiger partial charge in [-0.3, -0.25) is 14.9 Å². The van der Waals surface area contributed by atoms with Crippen molar-refractivity contribution in [3.63, 3.8) is 0 Å². The Morgan fingerprint density at radius 2 is 1.90 bits per heavy atom. The molecule has 154 valence electrons. The molecule has 2 aromatic carbocycles. The van der Waals surface area contributed by atoms with Crippen LogP contribution in [-0.2, 0) is 11.3 Å². The summed E-state index contributed by atoms with van der Waals surface area (Å²) in [5.41, 5.74) is 1.29. The van der Waals surface area contributed by atoms with Gasteiger partial charge in [0.2, 0.25) is 6.79 Å². The molecule has 0 atom stereocenters. The number of carbonyl (C=O) groups excluding carboxylic acids is 1. The second-order valence-corrected chi connectivity index (χ2v) is 6.55. The third-order valence-electron chi connectivity index (χ3n) is 4.53. The highest BCUT2D eigenvalue weighted by Gasteiger charge is 2.15. The van der Waals surface area contributed by atoms with E-state index in [0.29, 0.717) is 28.6 Å². The van der Waals surface area contributed by atoms with Crippen molar-refractivity contribution in [2.45, 2.75) is 6.54 Å². The largest absolute Gasteiger partial charge is 0.457 e. The van der Waals surface area contributed by atoms with E-state index in [2.05, 4.69) is 5.32 Å². The summed E-state index contributed by atoms with van der Waals surface area (Å²) in [5.74, 6) is 1.47. The first-order valence-corrected chi connectivity index (χ1v) is 9.16.